The Morgan fingerprint density at radius 3 is 2.67 bits per heavy atom. The van der Waals surface area contributed by atoms with E-state index in [1.807, 2.05) is 0 Å². The Balaban J connectivity index is 1.91. The highest BCUT2D eigenvalue weighted by Crippen LogP contribution is 2.28. The van der Waals surface area contributed by atoms with Crippen molar-refractivity contribution in [1.29, 1.82) is 0 Å². The summed E-state index contributed by atoms with van der Waals surface area (Å²) in [4.78, 5) is 0. The number of alkyl halides is 1. The lowest BCUT2D eigenvalue weighted by atomic mass is 9.84. The van der Waals surface area contributed by atoms with Crippen LogP contribution in [0, 0.1) is 5.92 Å². The fourth-order valence-electron chi connectivity index (χ4n) is 1.18. The molecule has 1 aliphatic rings. The summed E-state index contributed by atoms with van der Waals surface area (Å²) in [6, 6.07) is 0. The van der Waals surface area contributed by atoms with Crippen LogP contribution in [0.15, 0.2) is 0 Å². The number of hydrogen-bond donors (Lipinski definition) is 0. The maximum Gasteiger partial charge on any atom is 0.113 e. The van der Waals surface area contributed by atoms with Gasteiger partial charge in [0.2, 0.25) is 0 Å². The van der Waals surface area contributed by atoms with Crippen LogP contribution in [0.25, 0.3) is 0 Å². The van der Waals surface area contributed by atoms with Gasteiger partial charge in [-0.05, 0) is 18.8 Å². The molecule has 1 saturated carbocycles. The molecule has 0 aromatic carbocycles. The molecule has 1 nitrogen and oxygen atoms in total. The van der Waals surface area contributed by atoms with Crippen LogP contribution >= 0.6 is 0 Å². The van der Waals surface area contributed by atoms with Crippen LogP contribution in [0.2, 0.25) is 0 Å². The summed E-state index contributed by atoms with van der Waals surface area (Å²) in [6.45, 7) is 2.14. The summed E-state index contributed by atoms with van der Waals surface area (Å²) < 4.78 is 16.6. The van der Waals surface area contributed by atoms with Crippen molar-refractivity contribution in [3.8, 4) is 0 Å². The van der Waals surface area contributed by atoms with Gasteiger partial charge in [0.15, 0.2) is 0 Å². The minimum Gasteiger partial charge on any atom is -0.375 e. The van der Waals surface area contributed by atoms with Gasteiger partial charge in [-0.1, -0.05) is 6.92 Å². The molecule has 0 bridgehead atoms. The predicted octanol–water partition coefficient (Wildman–Crippen LogP) is 1.77. The van der Waals surface area contributed by atoms with Crippen LogP contribution in [0.3, 0.4) is 0 Å². The maximum absolute atomic E-state index is 11.5. The molecule has 0 spiro atoms. The Morgan fingerprint density at radius 1 is 1.56 bits per heavy atom. The normalized spacial score (nSPS) is 34.0. The van der Waals surface area contributed by atoms with Crippen LogP contribution in [-0.4, -0.2) is 19.4 Å². The van der Waals surface area contributed by atoms with E-state index in [2.05, 4.69) is 6.92 Å². The molecule has 0 aromatic heterocycles. The molecule has 0 unspecified atom stereocenters. The summed E-state index contributed by atoms with van der Waals surface area (Å²) in [5.41, 5.74) is 0. The summed E-state index contributed by atoms with van der Waals surface area (Å²) in [7, 11) is 0. The largest absolute Gasteiger partial charge is 0.375 e. The van der Waals surface area contributed by atoms with E-state index >= 15 is 0 Å². The molecule has 0 amide bonds. The van der Waals surface area contributed by atoms with E-state index in [9.17, 15) is 4.39 Å². The molecule has 54 valence electrons. The van der Waals surface area contributed by atoms with Gasteiger partial charge in [0.1, 0.15) is 6.67 Å². The lowest BCUT2D eigenvalue weighted by Gasteiger charge is -2.32. The summed E-state index contributed by atoms with van der Waals surface area (Å²) in [6.07, 6.45) is 2.62. The van der Waals surface area contributed by atoms with Crippen molar-refractivity contribution in [2.24, 2.45) is 5.92 Å². The first-order valence-corrected chi connectivity index (χ1v) is 3.50. The van der Waals surface area contributed by atoms with Crippen molar-refractivity contribution in [1.82, 2.24) is 0 Å². The highest BCUT2D eigenvalue weighted by molar-refractivity contribution is 4.76. The van der Waals surface area contributed by atoms with E-state index in [1.54, 1.807) is 0 Å². The zero-order valence-electron chi connectivity index (χ0n) is 5.77. The van der Waals surface area contributed by atoms with Gasteiger partial charge < -0.3 is 4.74 Å². The fraction of sp³-hybridized carbons (Fsp3) is 1.00. The Kier molecular flexibility index (Phi) is 2.46. The van der Waals surface area contributed by atoms with Gasteiger partial charge in [-0.2, -0.15) is 0 Å². The van der Waals surface area contributed by atoms with E-state index < -0.39 is 0 Å². The second-order valence-electron chi connectivity index (χ2n) is 2.76. The molecule has 9 heavy (non-hydrogen) atoms. The third kappa shape index (κ3) is 1.94. The second-order valence-corrected chi connectivity index (χ2v) is 2.76. The summed E-state index contributed by atoms with van der Waals surface area (Å²) >= 11 is 0. The van der Waals surface area contributed by atoms with Gasteiger partial charge in [0, 0.05) is 0 Å². The molecule has 1 aliphatic carbocycles. The molecule has 0 saturated heterocycles. The predicted molar refractivity (Wildman–Crippen MR) is 34.1 cm³/mol. The van der Waals surface area contributed by atoms with Crippen LogP contribution in [0.4, 0.5) is 4.39 Å². The average Bonchev–Trinajstić information content (AvgIpc) is 1.78. The summed E-state index contributed by atoms with van der Waals surface area (Å²) in [5, 5.41) is 0. The Bertz CT molecular complexity index is 79.0. The highest BCUT2D eigenvalue weighted by atomic mass is 19.1. The molecule has 0 aromatic rings. The zero-order valence-corrected chi connectivity index (χ0v) is 5.77. The van der Waals surface area contributed by atoms with E-state index in [0.29, 0.717) is 6.10 Å². The van der Waals surface area contributed by atoms with Crippen molar-refractivity contribution >= 4 is 0 Å². The van der Waals surface area contributed by atoms with Crippen LogP contribution in [-0.2, 0) is 4.74 Å². The van der Waals surface area contributed by atoms with E-state index in [4.69, 9.17) is 4.74 Å². The standard InChI is InChI=1S/C7H13FO/c1-6-4-7(5-6)9-3-2-8/h6-7H,2-5H2,1H3. The van der Waals surface area contributed by atoms with Crippen molar-refractivity contribution in [3.63, 3.8) is 0 Å². The van der Waals surface area contributed by atoms with Gasteiger partial charge in [0.05, 0.1) is 12.7 Å². The van der Waals surface area contributed by atoms with Crippen molar-refractivity contribution in [2.45, 2.75) is 25.9 Å². The molecular weight excluding hydrogens is 119 g/mol. The van der Waals surface area contributed by atoms with E-state index in [0.717, 1.165) is 18.8 Å². The molecule has 0 aliphatic heterocycles. The zero-order chi connectivity index (χ0) is 6.69. The average molecular weight is 132 g/mol. The van der Waals surface area contributed by atoms with Gasteiger partial charge in [-0.15, -0.1) is 0 Å². The molecule has 0 heterocycles. The minimum atomic E-state index is -0.342. The van der Waals surface area contributed by atoms with Crippen LogP contribution in [0.5, 0.6) is 0 Å². The monoisotopic (exact) mass is 132 g/mol. The van der Waals surface area contributed by atoms with Crippen LogP contribution < -0.4 is 0 Å². The van der Waals surface area contributed by atoms with Gasteiger partial charge in [0.25, 0.3) is 0 Å². The number of ether oxygens (including phenoxy) is 1. The topological polar surface area (TPSA) is 9.23 Å². The molecule has 1 fully saturated rings. The third-order valence-electron chi connectivity index (χ3n) is 1.76. The van der Waals surface area contributed by atoms with Gasteiger partial charge >= 0.3 is 0 Å². The van der Waals surface area contributed by atoms with Crippen LogP contribution in [0.1, 0.15) is 19.8 Å². The number of hydrogen-bond acceptors (Lipinski definition) is 1. The Morgan fingerprint density at radius 2 is 2.22 bits per heavy atom. The van der Waals surface area contributed by atoms with Crippen molar-refractivity contribution in [2.75, 3.05) is 13.3 Å². The van der Waals surface area contributed by atoms with Gasteiger partial charge in [-0.25, -0.2) is 4.39 Å². The first-order chi connectivity index (χ1) is 4.33. The van der Waals surface area contributed by atoms with E-state index in [-0.39, 0.29) is 13.3 Å². The van der Waals surface area contributed by atoms with Crippen molar-refractivity contribution in [3.05, 3.63) is 0 Å². The van der Waals surface area contributed by atoms with Gasteiger partial charge in [-0.3, -0.25) is 0 Å². The molecule has 2 heteroatoms. The SMILES string of the molecule is CC1CC(OCCF)C1. The minimum absolute atomic E-state index is 0.289. The highest BCUT2D eigenvalue weighted by Gasteiger charge is 2.25. The lowest BCUT2D eigenvalue weighted by Crippen LogP contribution is -2.29. The van der Waals surface area contributed by atoms with Crippen molar-refractivity contribution < 1.29 is 9.13 Å². The number of halogens is 1. The quantitative estimate of drug-likeness (QED) is 0.568. The lowest BCUT2D eigenvalue weighted by molar-refractivity contribution is -0.0297. The third-order valence-corrected chi connectivity index (χ3v) is 1.76. The maximum atomic E-state index is 11.5. The smallest absolute Gasteiger partial charge is 0.113 e. The molecule has 0 atom stereocenters. The molecule has 0 N–H and O–H groups in total. The number of rotatable bonds is 3. The van der Waals surface area contributed by atoms with E-state index in [1.165, 1.54) is 0 Å². The molecule has 1 rings (SSSR count). The second kappa shape index (κ2) is 3.16. The fourth-order valence-corrected chi connectivity index (χ4v) is 1.18. The summed E-state index contributed by atoms with van der Waals surface area (Å²) in [5.74, 6) is 0.801. The Hall–Kier alpha value is -0.110. The molecule has 0 radical (unpaired) electrons. The Labute approximate surface area is 55.2 Å². The first kappa shape index (κ1) is 7.00. The first-order valence-electron chi connectivity index (χ1n) is 3.50. The molecular formula is C7H13FO.